The van der Waals surface area contributed by atoms with E-state index in [4.69, 9.17) is 0 Å². The molecular weight excluding hydrogens is 397 g/mol. The molecule has 0 unspecified atom stereocenters. The Morgan fingerprint density at radius 3 is 2.43 bits per heavy atom. The fourth-order valence-corrected chi connectivity index (χ4v) is 3.52. The van der Waals surface area contributed by atoms with Gasteiger partial charge in [0, 0.05) is 39.1 Å². The van der Waals surface area contributed by atoms with E-state index in [1.54, 1.807) is 23.1 Å². The third-order valence-electron chi connectivity index (χ3n) is 5.23. The Labute approximate surface area is 172 Å². The lowest BCUT2D eigenvalue weighted by Crippen LogP contribution is -2.48. The van der Waals surface area contributed by atoms with Crippen molar-refractivity contribution in [3.05, 3.63) is 64.7 Å². The van der Waals surface area contributed by atoms with Crippen molar-refractivity contribution < 1.29 is 27.9 Å². The summed E-state index contributed by atoms with van der Waals surface area (Å²) in [5.74, 6) is -0.0913. The number of alkyl halides is 3. The molecule has 1 aliphatic rings. The zero-order chi connectivity index (χ0) is 21.7. The molecule has 5 nitrogen and oxygen atoms in total. The molecule has 0 atom stereocenters. The van der Waals surface area contributed by atoms with Gasteiger partial charge in [-0.3, -0.25) is 14.5 Å². The highest BCUT2D eigenvalue weighted by Gasteiger charge is 2.30. The number of nitrogens with zero attached hydrogens (tertiary/aromatic N) is 2. The van der Waals surface area contributed by atoms with Crippen LogP contribution in [-0.4, -0.2) is 53.3 Å². The van der Waals surface area contributed by atoms with Crippen molar-refractivity contribution in [2.45, 2.75) is 25.6 Å². The summed E-state index contributed by atoms with van der Waals surface area (Å²) in [6.45, 7) is 2.64. The van der Waals surface area contributed by atoms with Crippen LogP contribution < -0.4 is 0 Å². The van der Waals surface area contributed by atoms with E-state index in [-0.39, 0.29) is 23.6 Å². The Hall–Kier alpha value is -2.87. The van der Waals surface area contributed by atoms with E-state index < -0.39 is 11.7 Å². The molecule has 8 heteroatoms. The molecule has 2 aromatic rings. The number of phenolic OH excluding ortho intramolecular Hbond substituents is 1. The van der Waals surface area contributed by atoms with Crippen LogP contribution in [0.1, 0.15) is 33.5 Å². The Morgan fingerprint density at radius 1 is 1.03 bits per heavy atom. The molecule has 1 aliphatic heterocycles. The van der Waals surface area contributed by atoms with Gasteiger partial charge in [0.2, 0.25) is 5.91 Å². The zero-order valence-electron chi connectivity index (χ0n) is 16.4. The number of phenols is 1. The third kappa shape index (κ3) is 5.60. The van der Waals surface area contributed by atoms with Crippen LogP contribution in [0.15, 0.2) is 42.5 Å². The first-order chi connectivity index (χ1) is 14.3. The van der Waals surface area contributed by atoms with Gasteiger partial charge in [0.05, 0.1) is 11.1 Å². The SMILES string of the molecule is O=Cc1cc(CCC(=O)N2CCN(Cc3cccc(C(F)(F)F)c3)CC2)ccc1O. The summed E-state index contributed by atoms with van der Waals surface area (Å²) in [5.41, 5.74) is 0.943. The number of piperazine rings is 1. The third-order valence-corrected chi connectivity index (χ3v) is 5.23. The monoisotopic (exact) mass is 420 g/mol. The number of aldehydes is 1. The summed E-state index contributed by atoms with van der Waals surface area (Å²) in [5, 5.41) is 9.53. The van der Waals surface area contributed by atoms with Gasteiger partial charge in [-0.05, 0) is 35.7 Å². The molecule has 0 saturated carbocycles. The van der Waals surface area contributed by atoms with Crippen LogP contribution in [0.5, 0.6) is 5.75 Å². The molecule has 0 spiro atoms. The summed E-state index contributed by atoms with van der Waals surface area (Å²) >= 11 is 0. The molecule has 2 aromatic carbocycles. The molecule has 1 fully saturated rings. The number of aromatic hydroxyl groups is 1. The number of carbonyl (C=O) groups excluding carboxylic acids is 2. The minimum absolute atomic E-state index is 0.00514. The maximum atomic E-state index is 12.9. The van der Waals surface area contributed by atoms with E-state index in [2.05, 4.69) is 0 Å². The number of benzene rings is 2. The number of amides is 1. The maximum Gasteiger partial charge on any atom is 0.416 e. The smallest absolute Gasteiger partial charge is 0.416 e. The quantitative estimate of drug-likeness (QED) is 0.727. The van der Waals surface area contributed by atoms with Gasteiger partial charge in [0.15, 0.2) is 6.29 Å². The van der Waals surface area contributed by atoms with E-state index in [0.717, 1.165) is 11.6 Å². The van der Waals surface area contributed by atoms with Crippen LogP contribution in [0.2, 0.25) is 0 Å². The first kappa shape index (κ1) is 21.8. The second-order valence-electron chi connectivity index (χ2n) is 7.37. The molecule has 0 aromatic heterocycles. The van der Waals surface area contributed by atoms with Gasteiger partial charge in [-0.15, -0.1) is 0 Å². The number of halogens is 3. The van der Waals surface area contributed by atoms with Gasteiger partial charge in [0.25, 0.3) is 0 Å². The second-order valence-corrected chi connectivity index (χ2v) is 7.37. The fourth-order valence-electron chi connectivity index (χ4n) is 3.52. The lowest BCUT2D eigenvalue weighted by Gasteiger charge is -2.35. The molecule has 1 saturated heterocycles. The van der Waals surface area contributed by atoms with Crippen molar-refractivity contribution in [3.63, 3.8) is 0 Å². The van der Waals surface area contributed by atoms with Gasteiger partial charge in [-0.1, -0.05) is 24.3 Å². The van der Waals surface area contributed by atoms with E-state index >= 15 is 0 Å². The molecule has 1 heterocycles. The molecule has 3 rings (SSSR count). The lowest BCUT2D eigenvalue weighted by molar-refractivity contribution is -0.137. The van der Waals surface area contributed by atoms with Crippen molar-refractivity contribution in [1.29, 1.82) is 0 Å². The van der Waals surface area contributed by atoms with Gasteiger partial charge < -0.3 is 10.0 Å². The van der Waals surface area contributed by atoms with E-state index in [1.807, 2.05) is 4.90 Å². The van der Waals surface area contributed by atoms with Crippen molar-refractivity contribution in [2.24, 2.45) is 0 Å². The summed E-state index contributed by atoms with van der Waals surface area (Å²) < 4.78 is 38.6. The first-order valence-corrected chi connectivity index (χ1v) is 9.69. The number of aryl methyl sites for hydroxylation is 1. The fraction of sp³-hybridized carbons (Fsp3) is 0.364. The van der Waals surface area contributed by atoms with Crippen molar-refractivity contribution in [1.82, 2.24) is 9.80 Å². The van der Waals surface area contributed by atoms with Gasteiger partial charge in [0.1, 0.15) is 5.75 Å². The van der Waals surface area contributed by atoms with E-state index in [9.17, 15) is 27.9 Å². The summed E-state index contributed by atoms with van der Waals surface area (Å²) in [6, 6.07) is 10.0. The molecule has 0 radical (unpaired) electrons. The van der Waals surface area contributed by atoms with Crippen LogP contribution in [-0.2, 0) is 23.9 Å². The maximum absolute atomic E-state index is 12.9. The summed E-state index contributed by atoms with van der Waals surface area (Å²) in [6.07, 6.45) is -3.03. The highest BCUT2D eigenvalue weighted by molar-refractivity contribution is 5.80. The summed E-state index contributed by atoms with van der Waals surface area (Å²) in [7, 11) is 0. The Bertz CT molecular complexity index is 907. The Balaban J connectivity index is 1.48. The van der Waals surface area contributed by atoms with Gasteiger partial charge >= 0.3 is 6.18 Å². The molecule has 30 heavy (non-hydrogen) atoms. The Morgan fingerprint density at radius 2 is 1.77 bits per heavy atom. The minimum atomic E-state index is -4.36. The average Bonchev–Trinajstić information content (AvgIpc) is 2.73. The van der Waals surface area contributed by atoms with Crippen LogP contribution in [0, 0.1) is 0 Å². The standard InChI is InChI=1S/C22H23F3N2O3/c23-22(24,25)19-3-1-2-17(13-19)14-26-8-10-27(11-9-26)21(30)7-5-16-4-6-20(29)18(12-16)15-28/h1-4,6,12-13,15,29H,5,7-11,14H2. The predicted molar refractivity (Wildman–Crippen MR) is 105 cm³/mol. The second kappa shape index (κ2) is 9.30. The molecule has 0 aliphatic carbocycles. The largest absolute Gasteiger partial charge is 0.507 e. The van der Waals surface area contributed by atoms with Crippen LogP contribution in [0.4, 0.5) is 13.2 Å². The number of hydrogen-bond donors (Lipinski definition) is 1. The van der Waals surface area contributed by atoms with Gasteiger partial charge in [-0.2, -0.15) is 13.2 Å². The molecule has 160 valence electrons. The number of rotatable bonds is 6. The average molecular weight is 420 g/mol. The Kier molecular flexibility index (Phi) is 6.77. The lowest BCUT2D eigenvalue weighted by atomic mass is 10.1. The van der Waals surface area contributed by atoms with Crippen molar-refractivity contribution in [2.75, 3.05) is 26.2 Å². The zero-order valence-corrected chi connectivity index (χ0v) is 16.4. The van der Waals surface area contributed by atoms with Crippen molar-refractivity contribution in [3.8, 4) is 5.75 Å². The summed E-state index contributed by atoms with van der Waals surface area (Å²) in [4.78, 5) is 27.2. The number of hydrogen-bond acceptors (Lipinski definition) is 4. The molecule has 1 amide bonds. The number of carbonyl (C=O) groups is 2. The van der Waals surface area contributed by atoms with Crippen LogP contribution in [0.25, 0.3) is 0 Å². The highest BCUT2D eigenvalue weighted by Crippen LogP contribution is 2.29. The molecule has 1 N–H and O–H groups in total. The van der Waals surface area contributed by atoms with Crippen molar-refractivity contribution >= 4 is 12.2 Å². The highest BCUT2D eigenvalue weighted by atomic mass is 19.4. The molecule has 0 bridgehead atoms. The predicted octanol–water partition coefficient (Wildman–Crippen LogP) is 3.50. The van der Waals surface area contributed by atoms with Gasteiger partial charge in [-0.25, -0.2) is 0 Å². The minimum Gasteiger partial charge on any atom is -0.507 e. The van der Waals surface area contributed by atoms with Crippen LogP contribution in [0.3, 0.4) is 0 Å². The van der Waals surface area contributed by atoms with E-state index in [0.29, 0.717) is 51.0 Å². The van der Waals surface area contributed by atoms with Crippen LogP contribution >= 0.6 is 0 Å². The molecular formula is C22H23F3N2O3. The van der Waals surface area contributed by atoms with E-state index in [1.165, 1.54) is 18.2 Å². The topological polar surface area (TPSA) is 60.9 Å². The first-order valence-electron chi connectivity index (χ1n) is 9.69. The normalized spacial score (nSPS) is 15.2.